The fourth-order valence-electron chi connectivity index (χ4n) is 0.642. The molecule has 0 aliphatic rings. The fourth-order valence-corrected chi connectivity index (χ4v) is 0.642. The highest BCUT2D eigenvalue weighted by Gasteiger charge is 1.93. The Labute approximate surface area is 53.9 Å². The van der Waals surface area contributed by atoms with E-state index in [1.807, 2.05) is 6.92 Å². The van der Waals surface area contributed by atoms with Crippen molar-refractivity contribution < 1.29 is 5.11 Å². The third kappa shape index (κ3) is 1.13. The second-order valence-corrected chi connectivity index (χ2v) is 2.02. The Hall–Kier alpha value is -1.18. The number of phenols is 1. The molecule has 0 saturated carbocycles. The molecular weight excluding hydrogens is 114 g/mol. The standard InChI is InChI=1S/C7H8NO/c1-5-2-3-6(8)7(9)4-5/h2-4,8-9H,1H3. The van der Waals surface area contributed by atoms with Crippen molar-refractivity contribution in [2.45, 2.75) is 6.92 Å². The van der Waals surface area contributed by atoms with Gasteiger partial charge in [0.15, 0.2) is 0 Å². The molecule has 0 aliphatic heterocycles. The maximum Gasteiger partial charge on any atom is 0.140 e. The van der Waals surface area contributed by atoms with Crippen molar-refractivity contribution in [1.82, 2.24) is 5.73 Å². The summed E-state index contributed by atoms with van der Waals surface area (Å²) >= 11 is 0. The molecule has 0 bridgehead atoms. The van der Waals surface area contributed by atoms with Crippen molar-refractivity contribution in [3.05, 3.63) is 23.8 Å². The molecule has 2 nitrogen and oxygen atoms in total. The van der Waals surface area contributed by atoms with Crippen LogP contribution >= 0.6 is 0 Å². The topological polar surface area (TPSA) is 44.0 Å². The van der Waals surface area contributed by atoms with Gasteiger partial charge in [-0.2, -0.15) is 0 Å². The first-order valence-electron chi connectivity index (χ1n) is 2.71. The van der Waals surface area contributed by atoms with Crippen LogP contribution in [0.3, 0.4) is 0 Å². The molecule has 1 rings (SSSR count). The second-order valence-electron chi connectivity index (χ2n) is 2.02. The Balaban J connectivity index is 3.17. The van der Waals surface area contributed by atoms with E-state index in [0.717, 1.165) is 5.56 Å². The zero-order valence-corrected chi connectivity index (χ0v) is 5.18. The zero-order valence-electron chi connectivity index (χ0n) is 5.18. The smallest absolute Gasteiger partial charge is 0.140 e. The molecule has 0 spiro atoms. The van der Waals surface area contributed by atoms with Gasteiger partial charge in [-0.3, -0.25) is 5.73 Å². The minimum absolute atomic E-state index is 0.0509. The average Bonchev–Trinajstić information content (AvgIpc) is 1.80. The number of rotatable bonds is 0. The molecule has 0 fully saturated rings. The largest absolute Gasteiger partial charge is 0.506 e. The van der Waals surface area contributed by atoms with Crippen LogP contribution in [-0.4, -0.2) is 5.11 Å². The van der Waals surface area contributed by atoms with Crippen LogP contribution in [0.2, 0.25) is 0 Å². The van der Waals surface area contributed by atoms with E-state index in [9.17, 15) is 0 Å². The molecule has 0 heterocycles. The summed E-state index contributed by atoms with van der Waals surface area (Å²) < 4.78 is 0. The summed E-state index contributed by atoms with van der Waals surface area (Å²) in [6.45, 7) is 1.87. The SMILES string of the molecule is Cc1ccc([NH])c(O)c1. The quantitative estimate of drug-likeness (QED) is 0.522. The number of nitrogens with one attached hydrogen (secondary N) is 1. The third-order valence-corrected chi connectivity index (χ3v) is 1.15. The molecule has 2 N–H and O–H groups in total. The van der Waals surface area contributed by atoms with Crippen molar-refractivity contribution in [3.8, 4) is 5.75 Å². The number of aryl methyl sites for hydroxylation is 1. The van der Waals surface area contributed by atoms with E-state index in [-0.39, 0.29) is 11.4 Å². The predicted octanol–water partition coefficient (Wildman–Crippen LogP) is 1.62. The number of hydrogen-bond donors (Lipinski definition) is 1. The predicted molar refractivity (Wildman–Crippen MR) is 35.6 cm³/mol. The van der Waals surface area contributed by atoms with E-state index >= 15 is 0 Å². The highest BCUT2D eigenvalue weighted by molar-refractivity contribution is 5.49. The molecular formula is C7H8NO. The van der Waals surface area contributed by atoms with Crippen molar-refractivity contribution in [2.24, 2.45) is 0 Å². The Morgan fingerprint density at radius 2 is 2.11 bits per heavy atom. The summed E-state index contributed by atoms with van der Waals surface area (Å²) in [6, 6.07) is 4.94. The Kier molecular flexibility index (Phi) is 1.30. The normalized spacial score (nSPS) is 9.44. The van der Waals surface area contributed by atoms with E-state index in [4.69, 9.17) is 10.8 Å². The summed E-state index contributed by atoms with van der Waals surface area (Å²) in [4.78, 5) is 0. The molecule has 0 aromatic heterocycles. The molecule has 0 unspecified atom stereocenters. The zero-order chi connectivity index (χ0) is 6.85. The highest BCUT2D eigenvalue weighted by atomic mass is 16.3. The van der Waals surface area contributed by atoms with Crippen molar-refractivity contribution in [3.63, 3.8) is 0 Å². The van der Waals surface area contributed by atoms with Gasteiger partial charge in [-0.1, -0.05) is 6.07 Å². The highest BCUT2D eigenvalue weighted by Crippen LogP contribution is 2.20. The molecule has 47 valence electrons. The van der Waals surface area contributed by atoms with Gasteiger partial charge in [-0.05, 0) is 24.6 Å². The van der Waals surface area contributed by atoms with Crippen LogP contribution in [0.1, 0.15) is 5.56 Å². The van der Waals surface area contributed by atoms with Crippen LogP contribution < -0.4 is 5.73 Å². The van der Waals surface area contributed by atoms with Gasteiger partial charge >= 0.3 is 0 Å². The van der Waals surface area contributed by atoms with Crippen molar-refractivity contribution in [1.29, 1.82) is 0 Å². The molecule has 0 atom stereocenters. The van der Waals surface area contributed by atoms with Crippen LogP contribution in [-0.2, 0) is 0 Å². The molecule has 1 aromatic carbocycles. The Morgan fingerprint density at radius 1 is 1.44 bits per heavy atom. The summed E-state index contributed by atoms with van der Waals surface area (Å²) in [5.74, 6) is 0.0509. The maximum atomic E-state index is 8.91. The van der Waals surface area contributed by atoms with Gasteiger partial charge < -0.3 is 5.11 Å². The Bertz CT molecular complexity index is 220. The van der Waals surface area contributed by atoms with Crippen LogP contribution in [0.15, 0.2) is 18.2 Å². The lowest BCUT2D eigenvalue weighted by Crippen LogP contribution is -1.73. The van der Waals surface area contributed by atoms with Crippen LogP contribution in [0.5, 0.6) is 5.75 Å². The molecule has 1 radical (unpaired) electrons. The van der Waals surface area contributed by atoms with Gasteiger partial charge in [0.05, 0.1) is 5.69 Å². The van der Waals surface area contributed by atoms with E-state index in [0.29, 0.717) is 0 Å². The number of hydrogen-bond acceptors (Lipinski definition) is 1. The third-order valence-electron chi connectivity index (χ3n) is 1.15. The first-order chi connectivity index (χ1) is 4.20. The molecule has 1 aromatic rings. The maximum absolute atomic E-state index is 8.91. The monoisotopic (exact) mass is 122 g/mol. The lowest BCUT2D eigenvalue weighted by Gasteiger charge is -1.95. The second kappa shape index (κ2) is 1.97. The van der Waals surface area contributed by atoms with E-state index in [2.05, 4.69) is 0 Å². The molecule has 0 amide bonds. The lowest BCUT2D eigenvalue weighted by molar-refractivity contribution is 0.476. The van der Waals surface area contributed by atoms with E-state index in [1.54, 1.807) is 18.2 Å². The summed E-state index contributed by atoms with van der Waals surface area (Å²) in [7, 11) is 0. The van der Waals surface area contributed by atoms with Crippen LogP contribution in [0.25, 0.3) is 0 Å². The van der Waals surface area contributed by atoms with Crippen LogP contribution in [0.4, 0.5) is 5.69 Å². The summed E-state index contributed by atoms with van der Waals surface area (Å²) in [6.07, 6.45) is 0. The molecule has 0 aliphatic carbocycles. The number of benzene rings is 1. The van der Waals surface area contributed by atoms with E-state index in [1.165, 1.54) is 0 Å². The number of phenolic OH excluding ortho intramolecular Hbond substituents is 1. The van der Waals surface area contributed by atoms with Crippen LogP contribution in [0, 0.1) is 6.92 Å². The lowest BCUT2D eigenvalue weighted by atomic mass is 10.2. The average molecular weight is 122 g/mol. The van der Waals surface area contributed by atoms with Crippen molar-refractivity contribution in [2.75, 3.05) is 0 Å². The minimum atomic E-state index is 0.0509. The van der Waals surface area contributed by atoms with Gasteiger partial charge in [-0.25, -0.2) is 0 Å². The van der Waals surface area contributed by atoms with Gasteiger partial charge in [0, 0.05) is 0 Å². The minimum Gasteiger partial charge on any atom is -0.506 e. The molecule has 2 heteroatoms. The first-order valence-corrected chi connectivity index (χ1v) is 2.71. The van der Waals surface area contributed by atoms with E-state index < -0.39 is 0 Å². The molecule has 9 heavy (non-hydrogen) atoms. The van der Waals surface area contributed by atoms with Gasteiger partial charge in [0.25, 0.3) is 0 Å². The summed E-state index contributed by atoms with van der Waals surface area (Å²) in [5, 5.41) is 8.91. The first kappa shape index (κ1) is 5.95. The molecule has 0 saturated heterocycles. The van der Waals surface area contributed by atoms with Gasteiger partial charge in [0.2, 0.25) is 0 Å². The van der Waals surface area contributed by atoms with Gasteiger partial charge in [-0.15, -0.1) is 0 Å². The fraction of sp³-hybridized carbons (Fsp3) is 0.143. The van der Waals surface area contributed by atoms with Crippen molar-refractivity contribution >= 4 is 5.69 Å². The number of aromatic hydroxyl groups is 1. The summed E-state index contributed by atoms with van der Waals surface area (Å²) in [5.41, 5.74) is 8.22. The Morgan fingerprint density at radius 3 is 2.56 bits per heavy atom. The van der Waals surface area contributed by atoms with Gasteiger partial charge in [0.1, 0.15) is 5.75 Å².